The van der Waals surface area contributed by atoms with Crippen LogP contribution in [0.2, 0.25) is 0 Å². The van der Waals surface area contributed by atoms with Crippen molar-refractivity contribution in [2.75, 3.05) is 10.6 Å². The van der Waals surface area contributed by atoms with E-state index in [9.17, 15) is 0 Å². The number of anilines is 3. The molecule has 7 nitrogen and oxygen atoms in total. The monoisotopic (exact) mass is 334 g/mol. The molecule has 3 aromatic heterocycles. The Bertz CT molecular complexity index is 1010. The van der Waals surface area contributed by atoms with Crippen LogP contribution in [-0.2, 0) is 13.6 Å². The van der Waals surface area contributed by atoms with E-state index >= 15 is 0 Å². The van der Waals surface area contributed by atoms with E-state index in [2.05, 4.69) is 38.7 Å². The molecule has 0 fully saturated rings. The summed E-state index contributed by atoms with van der Waals surface area (Å²) in [6.45, 7) is 2.57. The summed E-state index contributed by atoms with van der Waals surface area (Å²) in [5.41, 5.74) is 2.90. The van der Waals surface area contributed by atoms with Crippen LogP contribution in [0.4, 0.5) is 17.5 Å². The van der Waals surface area contributed by atoms with Crippen LogP contribution >= 0.6 is 0 Å². The van der Waals surface area contributed by atoms with Crippen LogP contribution in [0.1, 0.15) is 11.3 Å². The fraction of sp³-hybridized carbons (Fsp3) is 0.167. The Labute approximate surface area is 144 Å². The molecule has 0 atom stereocenters. The van der Waals surface area contributed by atoms with Crippen molar-refractivity contribution < 1.29 is 4.42 Å². The molecule has 0 aliphatic heterocycles. The molecular weight excluding hydrogens is 316 g/mol. The number of rotatable bonds is 5. The maximum Gasteiger partial charge on any atom is 0.227 e. The molecule has 0 saturated carbocycles. The van der Waals surface area contributed by atoms with E-state index in [0.717, 1.165) is 28.0 Å². The number of nitrogens with one attached hydrogen (secondary N) is 2. The largest absolute Gasteiger partial charge is 0.467 e. The normalized spacial score (nSPS) is 11.0. The van der Waals surface area contributed by atoms with Gasteiger partial charge in [-0.3, -0.25) is 4.68 Å². The second-order valence-corrected chi connectivity index (χ2v) is 5.77. The first-order valence-electron chi connectivity index (χ1n) is 7.99. The number of benzene rings is 1. The topological polar surface area (TPSA) is 80.8 Å². The lowest BCUT2D eigenvalue weighted by Crippen LogP contribution is -2.06. The lowest BCUT2D eigenvalue weighted by atomic mass is 10.2. The number of hydrogen-bond acceptors (Lipinski definition) is 6. The SMILES string of the molecule is Cc1ccccc1Nc1nc(NCc2ccco2)nc2c1cnn2C. The Morgan fingerprint density at radius 1 is 1.12 bits per heavy atom. The average molecular weight is 334 g/mol. The zero-order chi connectivity index (χ0) is 17.2. The number of furan rings is 1. The fourth-order valence-corrected chi connectivity index (χ4v) is 2.62. The lowest BCUT2D eigenvalue weighted by molar-refractivity contribution is 0.517. The number of aryl methyl sites for hydroxylation is 2. The summed E-state index contributed by atoms with van der Waals surface area (Å²) in [4.78, 5) is 9.18. The highest BCUT2D eigenvalue weighted by molar-refractivity contribution is 5.89. The molecule has 0 spiro atoms. The molecule has 0 radical (unpaired) electrons. The molecule has 2 N–H and O–H groups in total. The van der Waals surface area contributed by atoms with Crippen LogP contribution in [-0.4, -0.2) is 19.7 Å². The molecule has 7 heteroatoms. The van der Waals surface area contributed by atoms with Gasteiger partial charge in [-0.2, -0.15) is 15.1 Å². The summed E-state index contributed by atoms with van der Waals surface area (Å²) in [6, 6.07) is 11.8. The van der Waals surface area contributed by atoms with Crippen LogP contribution in [0.25, 0.3) is 11.0 Å². The number of fused-ring (bicyclic) bond motifs is 1. The summed E-state index contributed by atoms with van der Waals surface area (Å²) in [6.07, 6.45) is 3.42. The molecule has 126 valence electrons. The van der Waals surface area contributed by atoms with Gasteiger partial charge < -0.3 is 15.1 Å². The van der Waals surface area contributed by atoms with Crippen LogP contribution in [0.3, 0.4) is 0 Å². The van der Waals surface area contributed by atoms with E-state index in [1.807, 2.05) is 37.4 Å². The Balaban J connectivity index is 1.70. The van der Waals surface area contributed by atoms with Crippen molar-refractivity contribution in [3.8, 4) is 0 Å². The number of aromatic nitrogens is 4. The minimum absolute atomic E-state index is 0.514. The maximum absolute atomic E-state index is 5.34. The number of nitrogens with zero attached hydrogens (tertiary/aromatic N) is 4. The van der Waals surface area contributed by atoms with E-state index in [1.165, 1.54) is 0 Å². The molecule has 0 bridgehead atoms. The van der Waals surface area contributed by atoms with Gasteiger partial charge in [0.15, 0.2) is 5.65 Å². The highest BCUT2D eigenvalue weighted by Crippen LogP contribution is 2.26. The first-order chi connectivity index (χ1) is 12.2. The molecule has 0 amide bonds. The molecule has 0 aliphatic rings. The van der Waals surface area contributed by atoms with E-state index < -0.39 is 0 Å². The van der Waals surface area contributed by atoms with E-state index in [4.69, 9.17) is 4.42 Å². The minimum atomic E-state index is 0.514. The molecule has 0 aliphatic carbocycles. The predicted octanol–water partition coefficient (Wildman–Crippen LogP) is 3.62. The molecule has 3 heterocycles. The van der Waals surface area contributed by atoms with Gasteiger partial charge in [-0.05, 0) is 30.7 Å². The number of para-hydroxylation sites is 1. The average Bonchev–Trinajstić information content (AvgIpc) is 3.26. The van der Waals surface area contributed by atoms with Crippen molar-refractivity contribution in [1.29, 1.82) is 0 Å². The van der Waals surface area contributed by atoms with Gasteiger partial charge in [-0.1, -0.05) is 18.2 Å². The van der Waals surface area contributed by atoms with Crippen molar-refractivity contribution in [2.24, 2.45) is 7.05 Å². The van der Waals surface area contributed by atoms with Crippen LogP contribution in [0.15, 0.2) is 53.3 Å². The summed E-state index contributed by atoms with van der Waals surface area (Å²) in [5.74, 6) is 2.06. The van der Waals surface area contributed by atoms with Crippen molar-refractivity contribution in [3.05, 3.63) is 60.2 Å². The summed E-state index contributed by atoms with van der Waals surface area (Å²) < 4.78 is 7.08. The van der Waals surface area contributed by atoms with Gasteiger partial charge in [0.25, 0.3) is 0 Å². The third kappa shape index (κ3) is 3.03. The third-order valence-electron chi connectivity index (χ3n) is 3.99. The van der Waals surface area contributed by atoms with Crippen LogP contribution in [0, 0.1) is 6.92 Å². The van der Waals surface area contributed by atoms with Crippen molar-refractivity contribution in [1.82, 2.24) is 19.7 Å². The highest BCUT2D eigenvalue weighted by atomic mass is 16.3. The summed E-state index contributed by atoms with van der Waals surface area (Å²) >= 11 is 0. The van der Waals surface area contributed by atoms with E-state index in [-0.39, 0.29) is 0 Å². The smallest absolute Gasteiger partial charge is 0.227 e. The molecule has 25 heavy (non-hydrogen) atoms. The van der Waals surface area contributed by atoms with Gasteiger partial charge in [0.1, 0.15) is 11.6 Å². The van der Waals surface area contributed by atoms with Crippen molar-refractivity contribution in [2.45, 2.75) is 13.5 Å². The zero-order valence-electron chi connectivity index (χ0n) is 14.0. The van der Waals surface area contributed by atoms with Crippen molar-refractivity contribution in [3.63, 3.8) is 0 Å². The molecule has 4 rings (SSSR count). The molecule has 0 saturated heterocycles. The fourth-order valence-electron chi connectivity index (χ4n) is 2.62. The van der Waals surface area contributed by atoms with Gasteiger partial charge in [0.2, 0.25) is 5.95 Å². The van der Waals surface area contributed by atoms with E-state index in [0.29, 0.717) is 18.3 Å². The standard InChI is InChI=1S/C18H18N6O/c1-12-6-3-4-8-15(12)21-16-14-11-20-24(2)17(14)23-18(22-16)19-10-13-7-5-9-25-13/h3-9,11H,10H2,1-2H3,(H2,19,21,22,23). The summed E-state index contributed by atoms with van der Waals surface area (Å²) in [7, 11) is 1.86. The molecule has 1 aromatic carbocycles. The molecule has 0 unspecified atom stereocenters. The van der Waals surface area contributed by atoms with Gasteiger partial charge in [0.05, 0.1) is 24.4 Å². The Morgan fingerprint density at radius 2 is 2.00 bits per heavy atom. The minimum Gasteiger partial charge on any atom is -0.467 e. The zero-order valence-corrected chi connectivity index (χ0v) is 14.0. The molecular formula is C18H18N6O. The van der Waals surface area contributed by atoms with Crippen molar-refractivity contribution >= 4 is 28.5 Å². The predicted molar refractivity (Wildman–Crippen MR) is 96.8 cm³/mol. The third-order valence-corrected chi connectivity index (χ3v) is 3.99. The summed E-state index contributed by atoms with van der Waals surface area (Å²) in [5, 5.41) is 11.8. The van der Waals surface area contributed by atoms with Gasteiger partial charge in [-0.25, -0.2) is 0 Å². The quantitative estimate of drug-likeness (QED) is 0.580. The molecule has 4 aromatic rings. The van der Waals surface area contributed by atoms with Gasteiger partial charge in [-0.15, -0.1) is 0 Å². The second kappa shape index (κ2) is 6.27. The first kappa shape index (κ1) is 15.2. The van der Waals surface area contributed by atoms with Crippen LogP contribution in [0.5, 0.6) is 0 Å². The Kier molecular flexibility index (Phi) is 3.81. The maximum atomic E-state index is 5.34. The number of hydrogen-bond donors (Lipinski definition) is 2. The Hall–Kier alpha value is -3.35. The lowest BCUT2D eigenvalue weighted by Gasteiger charge is -2.11. The first-order valence-corrected chi connectivity index (χ1v) is 7.99. The van der Waals surface area contributed by atoms with Gasteiger partial charge >= 0.3 is 0 Å². The van der Waals surface area contributed by atoms with E-state index in [1.54, 1.807) is 17.1 Å². The second-order valence-electron chi connectivity index (χ2n) is 5.77. The Morgan fingerprint density at radius 3 is 2.80 bits per heavy atom. The van der Waals surface area contributed by atoms with Gasteiger partial charge in [0, 0.05) is 12.7 Å². The van der Waals surface area contributed by atoms with Crippen LogP contribution < -0.4 is 10.6 Å². The highest BCUT2D eigenvalue weighted by Gasteiger charge is 2.12.